The number of ether oxygens (including phenoxy) is 1. The van der Waals surface area contributed by atoms with Crippen molar-refractivity contribution in [2.75, 3.05) is 11.5 Å². The Morgan fingerprint density at radius 1 is 1.12 bits per heavy atom. The molecule has 26 heavy (non-hydrogen) atoms. The van der Waals surface area contributed by atoms with E-state index in [1.807, 2.05) is 67.8 Å². The second kappa shape index (κ2) is 7.17. The van der Waals surface area contributed by atoms with Crippen LogP contribution in [-0.4, -0.2) is 21.7 Å². The predicted molar refractivity (Wildman–Crippen MR) is 106 cm³/mol. The fourth-order valence-electron chi connectivity index (χ4n) is 3.35. The lowest BCUT2D eigenvalue weighted by Gasteiger charge is -2.27. The Hall–Kier alpha value is -2.86. The lowest BCUT2D eigenvalue weighted by Crippen LogP contribution is -2.29. The first-order valence-electron chi connectivity index (χ1n) is 8.64. The molecule has 2 unspecified atom stereocenters. The van der Waals surface area contributed by atoms with Crippen LogP contribution in [-0.2, 0) is 0 Å². The van der Waals surface area contributed by atoms with Crippen LogP contribution in [0.1, 0.15) is 30.4 Å². The van der Waals surface area contributed by atoms with Crippen LogP contribution < -0.4 is 15.0 Å². The molecule has 1 saturated heterocycles. The van der Waals surface area contributed by atoms with Gasteiger partial charge in [-0.05, 0) is 67.7 Å². The highest BCUT2D eigenvalue weighted by atomic mass is 32.1. The standard InChI is InChI=1S/C20H20N4OS/c1-2-25-15-10-8-14(9-11-15)24-19(17-7-5-13-22-17)18(23-20(24)26)16-6-3-4-12-21-16/h3-13,18-19,22H,2H2,1H3,(H,23,26). The van der Waals surface area contributed by atoms with Crippen LogP contribution >= 0.6 is 12.2 Å². The molecule has 1 aliphatic rings. The molecular weight excluding hydrogens is 344 g/mol. The summed E-state index contributed by atoms with van der Waals surface area (Å²) in [5, 5.41) is 4.13. The third-order valence-corrected chi connectivity index (χ3v) is 4.78. The predicted octanol–water partition coefficient (Wildman–Crippen LogP) is 3.99. The first-order valence-corrected chi connectivity index (χ1v) is 9.05. The number of aromatic nitrogens is 2. The van der Waals surface area contributed by atoms with E-state index in [9.17, 15) is 0 Å². The van der Waals surface area contributed by atoms with Gasteiger partial charge in [-0.1, -0.05) is 6.07 Å². The van der Waals surface area contributed by atoms with E-state index in [2.05, 4.69) is 26.3 Å². The third-order valence-electron chi connectivity index (χ3n) is 4.46. The molecule has 0 bridgehead atoms. The smallest absolute Gasteiger partial charge is 0.174 e. The average molecular weight is 364 g/mol. The van der Waals surface area contributed by atoms with Crippen molar-refractivity contribution in [1.29, 1.82) is 0 Å². The van der Waals surface area contributed by atoms with Crippen molar-refractivity contribution < 1.29 is 4.74 Å². The Bertz CT molecular complexity index is 865. The second-order valence-corrected chi connectivity index (χ2v) is 6.44. The molecular formula is C20H20N4OS. The van der Waals surface area contributed by atoms with Crippen molar-refractivity contribution in [2.45, 2.75) is 19.0 Å². The van der Waals surface area contributed by atoms with Gasteiger partial charge < -0.3 is 19.9 Å². The Morgan fingerprint density at radius 2 is 1.96 bits per heavy atom. The van der Waals surface area contributed by atoms with Gasteiger partial charge in [-0.25, -0.2) is 0 Å². The van der Waals surface area contributed by atoms with Crippen molar-refractivity contribution in [3.05, 3.63) is 78.4 Å². The Labute approximate surface area is 158 Å². The third kappa shape index (κ3) is 3.04. The summed E-state index contributed by atoms with van der Waals surface area (Å²) >= 11 is 5.68. The molecule has 2 N–H and O–H groups in total. The fraction of sp³-hybridized carbons (Fsp3) is 0.200. The van der Waals surface area contributed by atoms with E-state index in [1.165, 1.54) is 0 Å². The molecule has 3 heterocycles. The van der Waals surface area contributed by atoms with Gasteiger partial charge in [0.2, 0.25) is 0 Å². The average Bonchev–Trinajstić information content (AvgIpc) is 3.31. The number of benzene rings is 1. The van der Waals surface area contributed by atoms with Gasteiger partial charge in [-0.15, -0.1) is 0 Å². The summed E-state index contributed by atoms with van der Waals surface area (Å²) in [4.78, 5) is 10.0. The van der Waals surface area contributed by atoms with Crippen LogP contribution in [0, 0.1) is 0 Å². The van der Waals surface area contributed by atoms with E-state index < -0.39 is 0 Å². The summed E-state index contributed by atoms with van der Waals surface area (Å²) in [7, 11) is 0. The number of hydrogen-bond donors (Lipinski definition) is 2. The second-order valence-electron chi connectivity index (χ2n) is 6.05. The molecule has 5 nitrogen and oxygen atoms in total. The Morgan fingerprint density at radius 3 is 2.62 bits per heavy atom. The highest BCUT2D eigenvalue weighted by molar-refractivity contribution is 7.80. The molecule has 132 valence electrons. The minimum absolute atomic E-state index is 0.00894. The maximum atomic E-state index is 5.68. The number of nitrogens with one attached hydrogen (secondary N) is 2. The quantitative estimate of drug-likeness (QED) is 0.671. The number of hydrogen-bond acceptors (Lipinski definition) is 3. The zero-order chi connectivity index (χ0) is 17.9. The molecule has 2 aromatic heterocycles. The van der Waals surface area contributed by atoms with Crippen molar-refractivity contribution >= 4 is 23.0 Å². The largest absolute Gasteiger partial charge is 0.494 e. The van der Waals surface area contributed by atoms with Gasteiger partial charge in [0.15, 0.2) is 5.11 Å². The fourth-order valence-corrected chi connectivity index (χ4v) is 3.69. The molecule has 4 rings (SSSR count). The molecule has 3 aromatic rings. The van der Waals surface area contributed by atoms with E-state index in [0.29, 0.717) is 11.7 Å². The van der Waals surface area contributed by atoms with E-state index in [-0.39, 0.29) is 12.1 Å². The van der Waals surface area contributed by atoms with E-state index in [4.69, 9.17) is 17.0 Å². The lowest BCUT2D eigenvalue weighted by atomic mass is 10.0. The van der Waals surface area contributed by atoms with Gasteiger partial charge >= 0.3 is 0 Å². The molecule has 1 aliphatic heterocycles. The van der Waals surface area contributed by atoms with Crippen LogP contribution in [0.25, 0.3) is 0 Å². The molecule has 0 aliphatic carbocycles. The SMILES string of the molecule is CCOc1ccc(N2C(=S)NC(c3ccccn3)C2c2ccc[nH]2)cc1. The zero-order valence-corrected chi connectivity index (χ0v) is 15.2. The first kappa shape index (κ1) is 16.6. The molecule has 0 spiro atoms. The van der Waals surface area contributed by atoms with Crippen molar-refractivity contribution in [3.8, 4) is 5.75 Å². The molecule has 0 saturated carbocycles. The van der Waals surface area contributed by atoms with Crippen LogP contribution in [0.2, 0.25) is 0 Å². The minimum Gasteiger partial charge on any atom is -0.494 e. The van der Waals surface area contributed by atoms with Gasteiger partial charge in [0.25, 0.3) is 0 Å². The number of nitrogens with zero attached hydrogens (tertiary/aromatic N) is 2. The number of aromatic amines is 1. The van der Waals surface area contributed by atoms with Gasteiger partial charge in [-0.3, -0.25) is 4.98 Å². The maximum Gasteiger partial charge on any atom is 0.174 e. The summed E-state index contributed by atoms with van der Waals surface area (Å²) < 4.78 is 5.56. The molecule has 1 fully saturated rings. The summed E-state index contributed by atoms with van der Waals surface area (Å²) in [5.41, 5.74) is 3.06. The normalized spacial score (nSPS) is 19.4. The highest BCUT2D eigenvalue weighted by Crippen LogP contribution is 2.41. The molecule has 1 aromatic carbocycles. The summed E-state index contributed by atoms with van der Waals surface area (Å²) in [6.07, 6.45) is 3.74. The lowest BCUT2D eigenvalue weighted by molar-refractivity contribution is 0.340. The molecule has 0 amide bonds. The Balaban J connectivity index is 1.73. The van der Waals surface area contributed by atoms with Gasteiger partial charge in [0.05, 0.1) is 18.3 Å². The zero-order valence-electron chi connectivity index (χ0n) is 14.4. The summed E-state index contributed by atoms with van der Waals surface area (Å²) in [6.45, 7) is 2.63. The molecule has 6 heteroatoms. The maximum absolute atomic E-state index is 5.68. The van der Waals surface area contributed by atoms with E-state index in [0.717, 1.165) is 22.8 Å². The van der Waals surface area contributed by atoms with Crippen LogP contribution in [0.4, 0.5) is 5.69 Å². The minimum atomic E-state index is -0.0334. The first-order chi connectivity index (χ1) is 12.8. The molecule has 2 atom stereocenters. The topological polar surface area (TPSA) is 53.2 Å². The monoisotopic (exact) mass is 364 g/mol. The van der Waals surface area contributed by atoms with Gasteiger partial charge in [0.1, 0.15) is 11.8 Å². The van der Waals surface area contributed by atoms with Crippen molar-refractivity contribution in [1.82, 2.24) is 15.3 Å². The van der Waals surface area contributed by atoms with Gasteiger partial charge in [0, 0.05) is 23.8 Å². The Kier molecular flexibility index (Phi) is 4.58. The van der Waals surface area contributed by atoms with Crippen molar-refractivity contribution in [2.24, 2.45) is 0 Å². The number of thiocarbonyl (C=S) groups is 1. The number of H-pyrrole nitrogens is 1. The van der Waals surface area contributed by atoms with Crippen LogP contribution in [0.3, 0.4) is 0 Å². The number of anilines is 1. The van der Waals surface area contributed by atoms with Gasteiger partial charge in [-0.2, -0.15) is 0 Å². The van der Waals surface area contributed by atoms with Crippen molar-refractivity contribution in [3.63, 3.8) is 0 Å². The summed E-state index contributed by atoms with van der Waals surface area (Å²) in [5.74, 6) is 0.854. The molecule has 0 radical (unpaired) electrons. The number of rotatable bonds is 5. The van der Waals surface area contributed by atoms with Crippen LogP contribution in [0.5, 0.6) is 5.75 Å². The summed E-state index contributed by atoms with van der Waals surface area (Å²) in [6, 6.07) is 18.0. The highest BCUT2D eigenvalue weighted by Gasteiger charge is 2.41. The van der Waals surface area contributed by atoms with Crippen LogP contribution in [0.15, 0.2) is 67.0 Å². The van der Waals surface area contributed by atoms with E-state index >= 15 is 0 Å². The number of pyridine rings is 1. The van der Waals surface area contributed by atoms with E-state index in [1.54, 1.807) is 0 Å².